The van der Waals surface area contributed by atoms with Gasteiger partial charge in [-0.15, -0.1) is 0 Å². The van der Waals surface area contributed by atoms with Gasteiger partial charge in [0.2, 0.25) is 0 Å². The van der Waals surface area contributed by atoms with Crippen LogP contribution in [0.2, 0.25) is 19.1 Å². The van der Waals surface area contributed by atoms with E-state index >= 15 is 0 Å². The Bertz CT molecular complexity index is 145. The van der Waals surface area contributed by atoms with Crippen molar-refractivity contribution in [3.63, 3.8) is 0 Å². The van der Waals surface area contributed by atoms with Crippen molar-refractivity contribution < 1.29 is 4.43 Å². The molecule has 0 saturated carbocycles. The number of nitrogens with one attached hydrogen (secondary N) is 2. The summed E-state index contributed by atoms with van der Waals surface area (Å²) in [5.74, 6) is 0. The summed E-state index contributed by atoms with van der Waals surface area (Å²) in [7, 11) is 0.499. The van der Waals surface area contributed by atoms with Gasteiger partial charge in [-0.1, -0.05) is 0 Å². The summed E-state index contributed by atoms with van der Waals surface area (Å²) in [6.07, 6.45) is 1.21. The van der Waals surface area contributed by atoms with Gasteiger partial charge in [0.05, 0.1) is 0 Å². The van der Waals surface area contributed by atoms with Crippen LogP contribution in [-0.2, 0) is 4.43 Å². The van der Waals surface area contributed by atoms with E-state index in [-0.39, 0.29) is 0 Å². The molecule has 0 aromatic carbocycles. The van der Waals surface area contributed by atoms with Crippen molar-refractivity contribution >= 4 is 8.32 Å². The molecule has 4 N–H and O–H groups in total. The van der Waals surface area contributed by atoms with E-state index in [2.05, 4.69) is 23.7 Å². The van der Waals surface area contributed by atoms with Gasteiger partial charge in [0, 0.05) is 33.3 Å². The molecule has 0 fully saturated rings. The van der Waals surface area contributed by atoms with Crippen LogP contribution in [0.15, 0.2) is 0 Å². The van der Waals surface area contributed by atoms with Crippen LogP contribution in [0.5, 0.6) is 0 Å². The fourth-order valence-electron chi connectivity index (χ4n) is 1.27. The lowest BCUT2D eigenvalue weighted by Crippen LogP contribution is -2.33. The summed E-state index contributed by atoms with van der Waals surface area (Å²) in [6.45, 7) is 9.26. The van der Waals surface area contributed by atoms with Gasteiger partial charge in [-0.2, -0.15) is 0 Å². The molecular formula is C10H27N3OSi. The minimum absolute atomic E-state index is 0.716. The normalized spacial score (nSPS) is 12.0. The van der Waals surface area contributed by atoms with Gasteiger partial charge in [-0.3, -0.25) is 0 Å². The summed E-state index contributed by atoms with van der Waals surface area (Å²) in [5, 5.41) is 6.65. The highest BCUT2D eigenvalue weighted by Gasteiger charge is 2.18. The van der Waals surface area contributed by atoms with E-state index in [9.17, 15) is 0 Å². The summed E-state index contributed by atoms with van der Waals surface area (Å²) >= 11 is 0. The van der Waals surface area contributed by atoms with Crippen molar-refractivity contribution in [1.29, 1.82) is 0 Å². The summed E-state index contributed by atoms with van der Waals surface area (Å²) in [5.41, 5.74) is 5.36. The Balaban J connectivity index is 3.11. The van der Waals surface area contributed by atoms with Gasteiger partial charge in [0.25, 0.3) is 0 Å². The van der Waals surface area contributed by atoms with Crippen LogP contribution in [0.3, 0.4) is 0 Å². The molecular weight excluding hydrogens is 206 g/mol. The van der Waals surface area contributed by atoms with Gasteiger partial charge in [0.1, 0.15) is 0 Å². The lowest BCUT2D eigenvalue weighted by molar-refractivity contribution is 0.401. The zero-order valence-electron chi connectivity index (χ0n) is 10.4. The fourth-order valence-corrected chi connectivity index (χ4v) is 2.50. The van der Waals surface area contributed by atoms with Gasteiger partial charge in [-0.25, -0.2) is 0 Å². The molecule has 5 heteroatoms. The Labute approximate surface area is 95.1 Å². The van der Waals surface area contributed by atoms with Crippen molar-refractivity contribution in [2.24, 2.45) is 5.73 Å². The van der Waals surface area contributed by atoms with Crippen molar-refractivity contribution in [3.8, 4) is 0 Å². The molecule has 0 atom stereocenters. The van der Waals surface area contributed by atoms with E-state index in [4.69, 9.17) is 10.2 Å². The van der Waals surface area contributed by atoms with Crippen molar-refractivity contribution in [1.82, 2.24) is 10.6 Å². The van der Waals surface area contributed by atoms with E-state index in [0.29, 0.717) is 6.54 Å². The molecule has 0 aliphatic heterocycles. The second-order valence-electron chi connectivity index (χ2n) is 4.36. The third-order valence-corrected chi connectivity index (χ3v) is 5.15. The molecule has 0 aliphatic carbocycles. The Morgan fingerprint density at radius 1 is 1.07 bits per heavy atom. The zero-order chi connectivity index (χ0) is 11.6. The van der Waals surface area contributed by atoms with Crippen LogP contribution in [0, 0.1) is 0 Å². The first kappa shape index (κ1) is 15.1. The third kappa shape index (κ3) is 10.3. The Hall–Kier alpha value is 0.0569. The van der Waals surface area contributed by atoms with Crippen LogP contribution in [0.1, 0.15) is 6.42 Å². The Kier molecular flexibility index (Phi) is 9.33. The smallest absolute Gasteiger partial charge is 0.186 e. The maximum atomic E-state index is 5.48. The first-order valence-electron chi connectivity index (χ1n) is 5.79. The maximum absolute atomic E-state index is 5.48. The highest BCUT2D eigenvalue weighted by atomic mass is 28.4. The fraction of sp³-hybridized carbons (Fsp3) is 1.00. The quantitative estimate of drug-likeness (QED) is 0.377. The molecule has 4 nitrogen and oxygen atoms in total. The monoisotopic (exact) mass is 233 g/mol. The van der Waals surface area contributed by atoms with Crippen LogP contribution in [-0.4, -0.2) is 48.2 Å². The topological polar surface area (TPSA) is 59.3 Å². The molecule has 0 rings (SSSR count). The highest BCUT2D eigenvalue weighted by Crippen LogP contribution is 2.11. The van der Waals surface area contributed by atoms with Gasteiger partial charge in [-0.05, 0) is 32.1 Å². The van der Waals surface area contributed by atoms with Crippen LogP contribution < -0.4 is 16.4 Å². The minimum Gasteiger partial charge on any atom is -0.420 e. The first-order chi connectivity index (χ1) is 7.12. The van der Waals surface area contributed by atoms with Crippen molar-refractivity contribution in [2.45, 2.75) is 25.6 Å². The van der Waals surface area contributed by atoms with E-state index in [1.165, 1.54) is 12.5 Å². The van der Waals surface area contributed by atoms with Crippen molar-refractivity contribution in [2.75, 3.05) is 39.8 Å². The lowest BCUT2D eigenvalue weighted by atomic mass is 10.4. The number of nitrogens with two attached hydrogens (primary N) is 1. The van der Waals surface area contributed by atoms with Gasteiger partial charge in [0.15, 0.2) is 8.32 Å². The van der Waals surface area contributed by atoms with Crippen LogP contribution in [0.4, 0.5) is 0 Å². The summed E-state index contributed by atoms with van der Waals surface area (Å²) in [4.78, 5) is 0. The minimum atomic E-state index is -1.33. The Morgan fingerprint density at radius 3 is 2.20 bits per heavy atom. The van der Waals surface area contributed by atoms with Crippen LogP contribution >= 0.6 is 0 Å². The average Bonchev–Trinajstić information content (AvgIpc) is 2.22. The molecule has 0 aromatic rings. The first-order valence-corrected chi connectivity index (χ1v) is 8.90. The van der Waals surface area contributed by atoms with E-state index in [0.717, 1.165) is 26.2 Å². The molecule has 0 amide bonds. The predicted octanol–water partition coefficient (Wildman–Crippen LogP) is 0.366. The summed E-state index contributed by atoms with van der Waals surface area (Å²) in [6, 6.07) is 1.23. The molecule has 0 spiro atoms. The molecule has 0 unspecified atom stereocenters. The second-order valence-corrected chi connectivity index (χ2v) is 8.78. The van der Waals surface area contributed by atoms with E-state index in [1.807, 2.05) is 7.11 Å². The van der Waals surface area contributed by atoms with Gasteiger partial charge < -0.3 is 20.8 Å². The van der Waals surface area contributed by atoms with Gasteiger partial charge >= 0.3 is 0 Å². The third-order valence-electron chi connectivity index (χ3n) is 2.48. The highest BCUT2D eigenvalue weighted by molar-refractivity contribution is 6.71. The molecule has 15 heavy (non-hydrogen) atoms. The predicted molar refractivity (Wildman–Crippen MR) is 68.7 cm³/mol. The number of hydrogen-bond acceptors (Lipinski definition) is 4. The average molecular weight is 233 g/mol. The van der Waals surface area contributed by atoms with Crippen LogP contribution in [0.25, 0.3) is 0 Å². The maximum Gasteiger partial charge on any atom is 0.186 e. The second kappa shape index (κ2) is 9.29. The molecule has 0 aromatic heterocycles. The lowest BCUT2D eigenvalue weighted by Gasteiger charge is -2.19. The molecule has 0 saturated heterocycles. The summed E-state index contributed by atoms with van der Waals surface area (Å²) < 4.78 is 5.48. The standard InChI is InChI=1S/C10H27N3OSi/c1-14-15(2,3)10-4-6-12-8-9-13-7-5-11/h12-13H,4-11H2,1-3H3. The zero-order valence-corrected chi connectivity index (χ0v) is 11.4. The molecule has 92 valence electrons. The molecule has 0 heterocycles. The Morgan fingerprint density at radius 2 is 1.67 bits per heavy atom. The molecule has 0 aliphatic rings. The number of hydrogen-bond donors (Lipinski definition) is 3. The van der Waals surface area contributed by atoms with E-state index < -0.39 is 8.32 Å². The molecule has 0 bridgehead atoms. The molecule has 0 radical (unpaired) electrons. The SMILES string of the molecule is CO[Si](C)(C)CCCNCCNCCN. The van der Waals surface area contributed by atoms with Crippen molar-refractivity contribution in [3.05, 3.63) is 0 Å². The largest absolute Gasteiger partial charge is 0.420 e. The van der Waals surface area contributed by atoms with E-state index in [1.54, 1.807) is 0 Å². The number of rotatable bonds is 10.